The number of aliphatic hydroxyl groups excluding tert-OH is 2. The number of hydrogen-bond acceptors (Lipinski definition) is 14. The van der Waals surface area contributed by atoms with E-state index in [9.17, 15) is 39.3 Å². The zero-order valence-corrected chi connectivity index (χ0v) is 45.3. The average Bonchev–Trinajstić information content (AvgIpc) is 3.38. The third-order valence-electron chi connectivity index (χ3n) is 16.1. The van der Waals surface area contributed by atoms with E-state index in [-0.39, 0.29) is 60.7 Å². The fraction of sp³-hybridized carbons (Fsp3) is 0.672. The molecule has 3 fully saturated rings. The van der Waals surface area contributed by atoms with Gasteiger partial charge in [-0.2, -0.15) is 0 Å². The fourth-order valence-electron chi connectivity index (χ4n) is 11.3. The van der Waals surface area contributed by atoms with Gasteiger partial charge in [0.25, 0.3) is 11.7 Å². The van der Waals surface area contributed by atoms with Gasteiger partial charge in [-0.3, -0.25) is 19.2 Å². The van der Waals surface area contributed by atoms with Crippen LogP contribution in [0.25, 0.3) is 0 Å². The monoisotopic (exact) mass is 1020 g/mol. The summed E-state index contributed by atoms with van der Waals surface area (Å²) in [4.78, 5) is 72.9. The van der Waals surface area contributed by atoms with Crippen LogP contribution in [0.3, 0.4) is 0 Å². The normalized spacial score (nSPS) is 37.2. The van der Waals surface area contributed by atoms with Gasteiger partial charge >= 0.3 is 5.97 Å². The number of aliphatic hydroxyl groups is 3. The molecule has 2 saturated heterocycles. The molecule has 1 aromatic rings. The lowest BCUT2D eigenvalue weighted by Gasteiger charge is -2.43. The topological polar surface area (TPSA) is 205 Å². The number of fused-ring (bicyclic) bond motifs is 3. The Morgan fingerprint density at radius 1 is 0.836 bits per heavy atom. The van der Waals surface area contributed by atoms with Gasteiger partial charge < -0.3 is 48.6 Å². The number of amides is 1. The van der Waals surface area contributed by atoms with Crippen LogP contribution in [0, 0.1) is 35.5 Å². The number of carbonyl (C=O) groups is 5. The molecule has 15 nitrogen and oxygen atoms in total. The van der Waals surface area contributed by atoms with Crippen LogP contribution in [0.15, 0.2) is 65.8 Å². The molecular formula is C58H85NO14. The molecule has 0 aromatic heterocycles. The number of benzene rings is 1. The third-order valence-corrected chi connectivity index (χ3v) is 16.1. The number of allylic oxidation sites excluding steroid dienone is 7. The standard InChI is InChI=1S/C58H85NO14/c1-34-17-13-12-14-18-35(2)45(44-24-23-42(68-8)32-50(44)69-9)31-43-22-20-40(7)58(67,73-43)55(64)56(65)59-26-16-15-19-46(59)57(66)72-49(37(4)29-41-21-25-47(60)51(30-41)70-10)33-48(61)36(3)28-39(6)53(63)54(71-11)52(62)38(5)27-34/h12-14,17-18,23-24,28,32,34,36-38,40-41,43,45-47,49,51,53-54,60,63,67H,15-16,19-22,25-27,29-31,33H2,1-11H3/b14-12+,17-13-,35-18+,39-28+/t34-,36-,37-,38-,40-,41-,43+,45+,46+,47-,49+,51-,53-,54+,58-/m1/s1. The zero-order chi connectivity index (χ0) is 53.7. The molecule has 1 saturated carbocycles. The number of ketones is 3. The molecule has 0 radical (unpaired) electrons. The second-order valence-corrected chi connectivity index (χ2v) is 21.5. The fourth-order valence-corrected chi connectivity index (χ4v) is 11.3. The third kappa shape index (κ3) is 15.1. The Labute approximate surface area is 433 Å². The van der Waals surface area contributed by atoms with E-state index in [1.807, 2.05) is 70.2 Å². The summed E-state index contributed by atoms with van der Waals surface area (Å²) < 4.78 is 35.3. The van der Waals surface area contributed by atoms with Crippen molar-refractivity contribution in [3.05, 3.63) is 71.4 Å². The summed E-state index contributed by atoms with van der Waals surface area (Å²) in [6, 6.07) is 4.39. The minimum atomic E-state index is -2.49. The highest BCUT2D eigenvalue weighted by atomic mass is 16.6. The molecule has 5 rings (SSSR count). The van der Waals surface area contributed by atoms with E-state index in [0.29, 0.717) is 81.3 Å². The summed E-state index contributed by atoms with van der Waals surface area (Å²) in [6.45, 7) is 12.8. The molecule has 3 aliphatic heterocycles. The Hall–Kier alpha value is -4.51. The first-order valence-electron chi connectivity index (χ1n) is 26.5. The average molecular weight is 1020 g/mol. The smallest absolute Gasteiger partial charge is 0.329 e. The van der Waals surface area contributed by atoms with Crippen molar-refractivity contribution in [2.45, 2.75) is 180 Å². The van der Waals surface area contributed by atoms with Crippen molar-refractivity contribution in [2.75, 3.05) is 35.0 Å². The highest BCUT2D eigenvalue weighted by Gasteiger charge is 2.53. The van der Waals surface area contributed by atoms with Crippen LogP contribution in [0.2, 0.25) is 0 Å². The number of Topliss-reactive ketones (excluding diaryl/α,β-unsaturated/α-hetero) is 3. The van der Waals surface area contributed by atoms with Gasteiger partial charge in [-0.1, -0.05) is 82.7 Å². The molecule has 73 heavy (non-hydrogen) atoms. The molecule has 15 atom stereocenters. The van der Waals surface area contributed by atoms with E-state index in [1.54, 1.807) is 54.2 Å². The van der Waals surface area contributed by atoms with Crippen LogP contribution >= 0.6 is 0 Å². The van der Waals surface area contributed by atoms with Crippen LogP contribution in [0.5, 0.6) is 11.5 Å². The van der Waals surface area contributed by atoms with Crippen LogP contribution in [-0.2, 0) is 42.9 Å². The highest BCUT2D eigenvalue weighted by molar-refractivity contribution is 6.39. The summed E-state index contributed by atoms with van der Waals surface area (Å²) >= 11 is 0. The second-order valence-electron chi connectivity index (χ2n) is 21.5. The summed E-state index contributed by atoms with van der Waals surface area (Å²) in [7, 11) is 6.10. The maximum absolute atomic E-state index is 14.6. The van der Waals surface area contributed by atoms with E-state index < -0.39 is 77.8 Å². The molecule has 3 N–H and O–H groups in total. The van der Waals surface area contributed by atoms with Crippen LogP contribution in [0.4, 0.5) is 0 Å². The van der Waals surface area contributed by atoms with E-state index in [1.165, 1.54) is 12.0 Å². The van der Waals surface area contributed by atoms with Gasteiger partial charge in [-0.05, 0) is 114 Å². The van der Waals surface area contributed by atoms with Crippen molar-refractivity contribution in [3.8, 4) is 11.5 Å². The molecule has 1 aromatic carbocycles. The van der Waals surface area contributed by atoms with E-state index in [2.05, 4.69) is 0 Å². The number of hydrogen-bond donors (Lipinski definition) is 3. The number of cyclic esters (lactones) is 1. The summed E-state index contributed by atoms with van der Waals surface area (Å²) in [5, 5.41) is 34.4. The van der Waals surface area contributed by atoms with Crippen LogP contribution in [0.1, 0.15) is 137 Å². The summed E-state index contributed by atoms with van der Waals surface area (Å²) in [5.41, 5.74) is 2.14. The molecule has 3 heterocycles. The van der Waals surface area contributed by atoms with Crippen molar-refractivity contribution >= 4 is 29.2 Å². The lowest BCUT2D eigenvalue weighted by atomic mass is 9.78. The summed E-state index contributed by atoms with van der Waals surface area (Å²) in [5.74, 6) is -7.37. The van der Waals surface area contributed by atoms with Gasteiger partial charge in [0, 0.05) is 62.5 Å². The first kappa shape index (κ1) is 59.4. The lowest BCUT2D eigenvalue weighted by Crippen LogP contribution is -2.60. The number of ether oxygens (including phenoxy) is 6. The SMILES string of the molecule is COc1ccc([C@H]2C[C@@H]3CC[C@@H](C)[C@@](O)(O3)C(=O)C(=O)N3CCCC[C@H]3C(=O)O[C@H]([C@H](C)C[C@H]3CC[C@@H](O)[C@H](OC)C3)CC(=O)[C@H](C)/C=C(\C)[C@@H](O)[C@@H](OC)C(=O)[C@H](C)C[C@H](C)\C=C/C=C/C=C/2C)c(OC)c1. The van der Waals surface area contributed by atoms with Crippen LogP contribution in [-0.4, -0.2) is 133 Å². The Balaban J connectivity index is 1.53. The lowest BCUT2D eigenvalue weighted by molar-refractivity contribution is -0.264. The number of esters is 1. The van der Waals surface area contributed by atoms with E-state index in [4.69, 9.17) is 28.4 Å². The minimum absolute atomic E-state index is 0.0135. The first-order chi connectivity index (χ1) is 34.7. The van der Waals surface area contributed by atoms with Gasteiger partial charge in [0.2, 0.25) is 5.79 Å². The van der Waals surface area contributed by atoms with Crippen molar-refractivity contribution in [2.24, 2.45) is 35.5 Å². The molecule has 1 amide bonds. The van der Waals surface area contributed by atoms with Gasteiger partial charge in [0.15, 0.2) is 5.78 Å². The molecular weight excluding hydrogens is 935 g/mol. The van der Waals surface area contributed by atoms with Crippen molar-refractivity contribution < 1.29 is 67.7 Å². The minimum Gasteiger partial charge on any atom is -0.497 e. The first-order valence-corrected chi connectivity index (χ1v) is 26.5. The molecule has 0 unspecified atom stereocenters. The Bertz CT molecular complexity index is 2180. The maximum Gasteiger partial charge on any atom is 0.329 e. The maximum atomic E-state index is 14.6. The number of methoxy groups -OCH3 is 4. The van der Waals surface area contributed by atoms with E-state index >= 15 is 0 Å². The van der Waals surface area contributed by atoms with Crippen molar-refractivity contribution in [3.63, 3.8) is 0 Å². The van der Waals surface area contributed by atoms with Crippen LogP contribution < -0.4 is 9.47 Å². The number of piperidine rings is 1. The molecule has 2 bridgehead atoms. The molecule has 1 aliphatic carbocycles. The quantitative estimate of drug-likeness (QED) is 0.128. The number of nitrogens with zero attached hydrogens (tertiary/aromatic N) is 1. The molecule has 406 valence electrons. The Morgan fingerprint density at radius 3 is 2.26 bits per heavy atom. The highest BCUT2D eigenvalue weighted by Crippen LogP contribution is 2.43. The number of rotatable bonds is 8. The van der Waals surface area contributed by atoms with Crippen molar-refractivity contribution in [1.82, 2.24) is 4.90 Å². The van der Waals surface area contributed by atoms with Gasteiger partial charge in [-0.15, -0.1) is 0 Å². The van der Waals surface area contributed by atoms with E-state index in [0.717, 1.165) is 11.1 Å². The molecule has 15 heteroatoms. The molecule has 4 aliphatic rings. The molecule has 0 spiro atoms. The van der Waals surface area contributed by atoms with Gasteiger partial charge in [0.05, 0.1) is 32.5 Å². The Kier molecular flexibility index (Phi) is 22.2. The summed E-state index contributed by atoms with van der Waals surface area (Å²) in [6.07, 6.45) is 11.4. The van der Waals surface area contributed by atoms with Gasteiger partial charge in [0.1, 0.15) is 41.6 Å². The zero-order valence-electron chi connectivity index (χ0n) is 45.3. The Morgan fingerprint density at radius 2 is 1.58 bits per heavy atom. The van der Waals surface area contributed by atoms with Crippen molar-refractivity contribution in [1.29, 1.82) is 0 Å². The predicted molar refractivity (Wildman–Crippen MR) is 277 cm³/mol. The predicted octanol–water partition coefficient (Wildman–Crippen LogP) is 7.97. The van der Waals surface area contributed by atoms with Gasteiger partial charge in [-0.25, -0.2) is 4.79 Å². The largest absolute Gasteiger partial charge is 0.497 e. The second kappa shape index (κ2) is 27.3. The number of carbonyl (C=O) groups excluding carboxylic acids is 5.